The van der Waals surface area contributed by atoms with Crippen LogP contribution >= 0.6 is 0 Å². The Labute approximate surface area is 122 Å². The maximum Gasteiger partial charge on any atom is 0.308 e. The number of hydrogen-bond donors (Lipinski definition) is 0. The Morgan fingerprint density at radius 2 is 1.75 bits per heavy atom. The summed E-state index contributed by atoms with van der Waals surface area (Å²) in [5, 5.41) is 0. The van der Waals surface area contributed by atoms with E-state index < -0.39 is 18.3 Å². The number of hydrogen-bond acceptors (Lipinski definition) is 4. The maximum atomic E-state index is 12.5. The van der Waals surface area contributed by atoms with E-state index in [1.807, 2.05) is 0 Å². The van der Waals surface area contributed by atoms with Gasteiger partial charge >= 0.3 is 10.2 Å². The van der Waals surface area contributed by atoms with E-state index in [4.69, 9.17) is 0 Å². The largest absolute Gasteiger partial charge is 0.308 e. The summed E-state index contributed by atoms with van der Waals surface area (Å²) >= 11 is 0. The lowest BCUT2D eigenvalue weighted by Gasteiger charge is -2.28. The Hall–Kier alpha value is -0.993. The van der Waals surface area contributed by atoms with E-state index >= 15 is 0 Å². The van der Waals surface area contributed by atoms with Gasteiger partial charge in [-0.15, -0.1) is 0 Å². The summed E-state index contributed by atoms with van der Waals surface area (Å²) in [6.07, 6.45) is 1.92. The molecule has 0 aliphatic heterocycles. The first-order valence-corrected chi connectivity index (χ1v) is 10.8. The normalized spacial score (nSPS) is 12.9. The van der Waals surface area contributed by atoms with E-state index in [1.54, 1.807) is 0 Å². The lowest BCUT2D eigenvalue weighted by Crippen LogP contribution is -2.54. The first-order valence-electron chi connectivity index (χ1n) is 6.77. The van der Waals surface area contributed by atoms with Crippen molar-refractivity contribution in [2.24, 2.45) is 0 Å². The van der Waals surface area contributed by atoms with Crippen LogP contribution in [0, 0.1) is 0 Å². The molecule has 1 aromatic rings. The molecule has 0 radical (unpaired) electrons. The molecule has 1 rings (SSSR count). The van der Waals surface area contributed by atoms with Crippen molar-refractivity contribution in [3.05, 3.63) is 11.9 Å². The van der Waals surface area contributed by atoms with Crippen LogP contribution in [0.1, 0.15) is 31.3 Å². The second kappa shape index (κ2) is 6.19. The molecule has 8 heteroatoms. The highest BCUT2D eigenvalue weighted by atomic mass is 32.2. The summed E-state index contributed by atoms with van der Waals surface area (Å²) in [5.74, 6) is 0. The topological polar surface area (TPSA) is 72.3 Å². The molecule has 20 heavy (non-hydrogen) atoms. The predicted octanol–water partition coefficient (Wildman–Crippen LogP) is 1.07. The third kappa shape index (κ3) is 2.59. The average molecular weight is 317 g/mol. The van der Waals surface area contributed by atoms with E-state index in [0.29, 0.717) is 11.7 Å². The highest BCUT2D eigenvalue weighted by molar-refractivity contribution is 7.87. The summed E-state index contributed by atoms with van der Waals surface area (Å²) in [4.78, 5) is 15.5. The molecule has 0 aliphatic rings. The van der Waals surface area contributed by atoms with Crippen LogP contribution < -0.4 is 5.45 Å². The quantitative estimate of drug-likeness (QED) is 0.557. The Morgan fingerprint density at radius 1 is 1.25 bits per heavy atom. The summed E-state index contributed by atoms with van der Waals surface area (Å²) < 4.78 is 27.3. The monoisotopic (exact) mass is 317 g/mol. The fraction of sp³-hybridized carbons (Fsp3) is 0.667. The van der Waals surface area contributed by atoms with Crippen molar-refractivity contribution in [1.29, 1.82) is 0 Å². The van der Waals surface area contributed by atoms with Crippen molar-refractivity contribution in [2.45, 2.75) is 38.9 Å². The van der Waals surface area contributed by atoms with Gasteiger partial charge in [0.15, 0.2) is 6.29 Å². The molecule has 0 unspecified atom stereocenters. The number of aromatic nitrogens is 2. The van der Waals surface area contributed by atoms with Crippen LogP contribution in [0.25, 0.3) is 0 Å². The van der Waals surface area contributed by atoms with Crippen molar-refractivity contribution < 1.29 is 13.2 Å². The third-order valence-electron chi connectivity index (χ3n) is 4.06. The van der Waals surface area contributed by atoms with Crippen molar-refractivity contribution in [1.82, 2.24) is 13.3 Å². The molecule has 6 nitrogen and oxygen atoms in total. The molecule has 0 N–H and O–H groups in total. The molecule has 1 heterocycles. The molecule has 0 bridgehead atoms. The predicted molar refractivity (Wildman–Crippen MR) is 82.5 cm³/mol. The first kappa shape index (κ1) is 17.1. The second-order valence-corrected chi connectivity index (χ2v) is 12.1. The molecular formula is C12H23N3O3SSi. The zero-order valence-electron chi connectivity index (χ0n) is 12.8. The van der Waals surface area contributed by atoms with Crippen LogP contribution in [0.4, 0.5) is 0 Å². The van der Waals surface area contributed by atoms with E-state index in [-0.39, 0.29) is 5.69 Å². The van der Waals surface area contributed by atoms with Crippen molar-refractivity contribution >= 4 is 30.0 Å². The number of carbonyl (C=O) groups excluding carboxylic acids is 1. The van der Waals surface area contributed by atoms with Gasteiger partial charge in [0.2, 0.25) is 0 Å². The number of aldehydes is 1. The molecule has 1 aromatic heterocycles. The minimum Gasteiger partial charge on any atom is -0.296 e. The Bertz CT molecular complexity index is 569. The van der Waals surface area contributed by atoms with Gasteiger partial charge in [-0.25, -0.2) is 8.96 Å². The van der Waals surface area contributed by atoms with Gasteiger partial charge in [-0.1, -0.05) is 38.9 Å². The standard InChI is InChI=1S/C12H23N3O3SSi/c1-6-20(7-2,8-3)12-13-9-11(10-16)15(12)19(17,18)14(4)5/h9-10H,6-8H2,1-5H3. The molecule has 0 atom stereocenters. The molecule has 0 aliphatic carbocycles. The van der Waals surface area contributed by atoms with Crippen LogP contribution in [0.15, 0.2) is 6.20 Å². The van der Waals surface area contributed by atoms with Crippen molar-refractivity contribution in [2.75, 3.05) is 14.1 Å². The fourth-order valence-electron chi connectivity index (χ4n) is 2.42. The van der Waals surface area contributed by atoms with E-state index in [9.17, 15) is 13.2 Å². The molecular weight excluding hydrogens is 294 g/mol. The van der Waals surface area contributed by atoms with Gasteiger partial charge in [0.25, 0.3) is 0 Å². The summed E-state index contributed by atoms with van der Waals surface area (Å²) in [7, 11) is -2.81. The molecule has 0 amide bonds. The maximum absolute atomic E-state index is 12.5. The Balaban J connectivity index is 3.68. The van der Waals surface area contributed by atoms with Crippen LogP contribution in [0.3, 0.4) is 0 Å². The van der Waals surface area contributed by atoms with Gasteiger partial charge in [0, 0.05) is 14.1 Å². The van der Waals surface area contributed by atoms with Gasteiger partial charge in [0.05, 0.1) is 6.20 Å². The number of rotatable bonds is 7. The van der Waals surface area contributed by atoms with Crippen LogP contribution in [0.5, 0.6) is 0 Å². The minimum atomic E-state index is -3.73. The average Bonchev–Trinajstić information content (AvgIpc) is 2.86. The van der Waals surface area contributed by atoms with Gasteiger partial charge in [-0.2, -0.15) is 12.7 Å². The zero-order chi connectivity index (χ0) is 15.6. The molecule has 0 spiro atoms. The van der Waals surface area contributed by atoms with Crippen LogP contribution in [-0.4, -0.2) is 50.1 Å². The van der Waals surface area contributed by atoms with Gasteiger partial charge < -0.3 is 0 Å². The number of nitrogens with zero attached hydrogens (tertiary/aromatic N) is 3. The minimum absolute atomic E-state index is 0.0981. The second-order valence-electron chi connectivity index (χ2n) is 5.02. The zero-order valence-corrected chi connectivity index (χ0v) is 14.6. The van der Waals surface area contributed by atoms with E-state index in [2.05, 4.69) is 25.8 Å². The first-order chi connectivity index (χ1) is 9.30. The molecule has 0 aromatic carbocycles. The lowest BCUT2D eigenvalue weighted by atomic mass is 10.6. The highest BCUT2D eigenvalue weighted by Gasteiger charge is 2.38. The molecule has 114 valence electrons. The van der Waals surface area contributed by atoms with Gasteiger partial charge in [-0.3, -0.25) is 4.79 Å². The Morgan fingerprint density at radius 3 is 2.10 bits per heavy atom. The summed E-state index contributed by atoms with van der Waals surface area (Å²) in [6, 6.07) is 2.70. The molecule has 0 saturated carbocycles. The van der Waals surface area contributed by atoms with Crippen LogP contribution in [0.2, 0.25) is 18.1 Å². The summed E-state index contributed by atoms with van der Waals surface area (Å²) in [5.41, 5.74) is 0.682. The SMILES string of the molecule is CC[Si](CC)(CC)c1ncc(C=O)n1S(=O)(=O)N(C)C. The van der Waals surface area contributed by atoms with Crippen LogP contribution in [-0.2, 0) is 10.2 Å². The number of imidazole rings is 1. The fourth-order valence-corrected chi connectivity index (χ4v) is 7.64. The lowest BCUT2D eigenvalue weighted by molar-refractivity contribution is 0.111. The van der Waals surface area contributed by atoms with E-state index in [1.165, 1.54) is 20.3 Å². The Kier molecular flexibility index (Phi) is 5.28. The number of carbonyl (C=O) groups is 1. The third-order valence-corrected chi connectivity index (χ3v) is 11.4. The van der Waals surface area contributed by atoms with Crippen molar-refractivity contribution in [3.63, 3.8) is 0 Å². The highest BCUT2D eigenvalue weighted by Crippen LogP contribution is 2.21. The smallest absolute Gasteiger partial charge is 0.296 e. The van der Waals surface area contributed by atoms with Gasteiger partial charge in [0.1, 0.15) is 19.2 Å². The summed E-state index contributed by atoms with van der Waals surface area (Å²) in [6.45, 7) is 6.21. The molecule has 0 fully saturated rings. The van der Waals surface area contributed by atoms with Gasteiger partial charge in [-0.05, 0) is 0 Å². The van der Waals surface area contributed by atoms with E-state index in [0.717, 1.165) is 26.4 Å². The van der Waals surface area contributed by atoms with Crippen molar-refractivity contribution in [3.8, 4) is 0 Å². The molecule has 0 saturated heterocycles.